The van der Waals surface area contributed by atoms with E-state index in [2.05, 4.69) is 27.9 Å². The van der Waals surface area contributed by atoms with Gasteiger partial charge in [-0.2, -0.15) is 0 Å². The second kappa shape index (κ2) is 11.2. The minimum Gasteiger partial charge on any atom is -0.484 e. The number of carbonyl (C=O) groups is 2. The van der Waals surface area contributed by atoms with Crippen molar-refractivity contribution >= 4 is 34.4 Å². The molecule has 0 aliphatic rings. The van der Waals surface area contributed by atoms with Gasteiger partial charge in [-0.3, -0.25) is 9.59 Å². The van der Waals surface area contributed by atoms with Gasteiger partial charge in [-0.05, 0) is 79.6 Å². The summed E-state index contributed by atoms with van der Waals surface area (Å²) in [7, 11) is 0. The number of benzene rings is 2. The first-order valence-corrected chi connectivity index (χ1v) is 10.9. The minimum atomic E-state index is -0.550. The number of ether oxygens (including phenoxy) is 1. The molecule has 5 nitrogen and oxygen atoms in total. The van der Waals surface area contributed by atoms with Crippen molar-refractivity contribution < 1.29 is 14.3 Å². The second-order valence-electron chi connectivity index (χ2n) is 7.34. The van der Waals surface area contributed by atoms with Crippen LogP contribution < -0.4 is 10.1 Å². The number of halogens is 1. The number of hydrogen-bond donors (Lipinski definition) is 1. The Morgan fingerprint density at radius 2 is 1.83 bits per heavy atom. The van der Waals surface area contributed by atoms with Gasteiger partial charge in [0, 0.05) is 16.2 Å². The molecular weight excluding hydrogens is 479 g/mol. The lowest BCUT2D eigenvalue weighted by Gasteiger charge is -2.31. The average Bonchev–Trinajstić information content (AvgIpc) is 2.66. The van der Waals surface area contributed by atoms with Gasteiger partial charge in [-0.1, -0.05) is 36.8 Å². The van der Waals surface area contributed by atoms with Crippen molar-refractivity contribution in [1.82, 2.24) is 10.2 Å². The molecule has 2 aromatic rings. The third kappa shape index (κ3) is 7.34. The van der Waals surface area contributed by atoms with E-state index in [-0.39, 0.29) is 24.5 Å². The normalized spacial score (nSPS) is 11.8. The van der Waals surface area contributed by atoms with Crippen LogP contribution in [-0.2, 0) is 16.1 Å². The van der Waals surface area contributed by atoms with Crippen LogP contribution in [0.5, 0.6) is 5.75 Å². The summed E-state index contributed by atoms with van der Waals surface area (Å²) in [5, 5.41) is 2.93. The van der Waals surface area contributed by atoms with Gasteiger partial charge in [0.25, 0.3) is 5.91 Å². The highest BCUT2D eigenvalue weighted by molar-refractivity contribution is 14.1. The van der Waals surface area contributed by atoms with Gasteiger partial charge in [0.2, 0.25) is 5.91 Å². The van der Waals surface area contributed by atoms with Crippen LogP contribution in [0.15, 0.2) is 48.5 Å². The zero-order chi connectivity index (χ0) is 21.4. The van der Waals surface area contributed by atoms with E-state index in [9.17, 15) is 9.59 Å². The molecule has 0 heterocycles. The summed E-state index contributed by atoms with van der Waals surface area (Å²) in [6, 6.07) is 15.0. The molecule has 156 valence electrons. The maximum absolute atomic E-state index is 13.1. The van der Waals surface area contributed by atoms with E-state index in [1.807, 2.05) is 76.2 Å². The molecular formula is C23H29IN2O3. The van der Waals surface area contributed by atoms with E-state index in [4.69, 9.17) is 4.74 Å². The molecule has 6 heteroatoms. The molecule has 0 saturated carbocycles. The van der Waals surface area contributed by atoms with Crippen LogP contribution in [0.2, 0.25) is 0 Å². The van der Waals surface area contributed by atoms with Crippen molar-refractivity contribution in [2.75, 3.05) is 6.61 Å². The van der Waals surface area contributed by atoms with Gasteiger partial charge in [0.1, 0.15) is 11.8 Å². The number of rotatable bonds is 9. The highest BCUT2D eigenvalue weighted by Gasteiger charge is 2.29. The maximum atomic E-state index is 13.1. The predicted octanol–water partition coefficient (Wildman–Crippen LogP) is 4.31. The number of nitrogens with one attached hydrogen (secondary N) is 1. The first-order chi connectivity index (χ1) is 13.8. The third-order valence-corrected chi connectivity index (χ3v) is 5.15. The van der Waals surface area contributed by atoms with Crippen LogP contribution in [0.3, 0.4) is 0 Å². The Bertz CT molecular complexity index is 821. The molecule has 0 bridgehead atoms. The number of nitrogens with zero attached hydrogens (tertiary/aromatic N) is 1. The lowest BCUT2D eigenvalue weighted by molar-refractivity contribution is -0.143. The molecule has 1 N–H and O–H groups in total. The fourth-order valence-corrected chi connectivity index (χ4v) is 3.43. The monoisotopic (exact) mass is 508 g/mol. The summed E-state index contributed by atoms with van der Waals surface area (Å²) in [6.07, 6.45) is 0.527. The molecule has 2 aromatic carbocycles. The van der Waals surface area contributed by atoms with Crippen molar-refractivity contribution in [2.45, 2.75) is 52.7 Å². The quantitative estimate of drug-likeness (QED) is 0.514. The van der Waals surface area contributed by atoms with Gasteiger partial charge in [0.05, 0.1) is 0 Å². The summed E-state index contributed by atoms with van der Waals surface area (Å²) in [5.74, 6) is 0.280. The summed E-state index contributed by atoms with van der Waals surface area (Å²) in [6.45, 7) is 8.01. The number of hydrogen-bond acceptors (Lipinski definition) is 3. The topological polar surface area (TPSA) is 58.6 Å². The van der Waals surface area contributed by atoms with E-state index in [1.165, 1.54) is 0 Å². The Balaban J connectivity index is 2.20. The van der Waals surface area contributed by atoms with Crippen molar-refractivity contribution in [2.24, 2.45) is 0 Å². The molecule has 0 saturated heterocycles. The SMILES string of the molecule is CC[C@@H](C(=O)NC(C)C)N(Cc1cccc(C)c1)C(=O)COc1ccc(I)cc1. The first-order valence-electron chi connectivity index (χ1n) is 9.84. The first kappa shape index (κ1) is 23.2. The van der Waals surface area contributed by atoms with E-state index >= 15 is 0 Å². The minimum absolute atomic E-state index is 0.00973. The van der Waals surface area contributed by atoms with Crippen molar-refractivity contribution in [3.05, 3.63) is 63.2 Å². The Kier molecular flexibility index (Phi) is 8.95. The Morgan fingerprint density at radius 1 is 1.14 bits per heavy atom. The van der Waals surface area contributed by atoms with Crippen LogP contribution in [-0.4, -0.2) is 35.4 Å². The highest BCUT2D eigenvalue weighted by Crippen LogP contribution is 2.16. The molecule has 0 spiro atoms. The summed E-state index contributed by atoms with van der Waals surface area (Å²) in [5.41, 5.74) is 2.10. The molecule has 0 fully saturated rings. The number of amides is 2. The standard InChI is InChI=1S/C23H29IN2O3/c1-5-21(23(28)25-16(2)3)26(14-18-8-6-7-17(4)13-18)22(27)15-29-20-11-9-19(24)10-12-20/h6-13,16,21H,5,14-15H2,1-4H3,(H,25,28)/t21-/m0/s1. The molecule has 0 radical (unpaired) electrons. The van der Waals surface area contributed by atoms with Crippen molar-refractivity contribution in [1.29, 1.82) is 0 Å². The molecule has 29 heavy (non-hydrogen) atoms. The van der Waals surface area contributed by atoms with Crippen LogP contribution >= 0.6 is 22.6 Å². The van der Waals surface area contributed by atoms with Crippen LogP contribution in [0.4, 0.5) is 0 Å². The molecule has 0 aliphatic carbocycles. The van der Waals surface area contributed by atoms with E-state index in [1.54, 1.807) is 4.90 Å². The lowest BCUT2D eigenvalue weighted by atomic mass is 10.1. The predicted molar refractivity (Wildman–Crippen MR) is 124 cm³/mol. The van der Waals surface area contributed by atoms with Crippen molar-refractivity contribution in [3.8, 4) is 5.75 Å². The summed E-state index contributed by atoms with van der Waals surface area (Å²) < 4.78 is 6.79. The van der Waals surface area contributed by atoms with Gasteiger partial charge in [-0.15, -0.1) is 0 Å². The lowest BCUT2D eigenvalue weighted by Crippen LogP contribution is -2.51. The molecule has 2 rings (SSSR count). The molecule has 2 amide bonds. The van der Waals surface area contributed by atoms with Crippen LogP contribution in [0, 0.1) is 10.5 Å². The zero-order valence-electron chi connectivity index (χ0n) is 17.4. The Morgan fingerprint density at radius 3 is 2.41 bits per heavy atom. The van der Waals surface area contributed by atoms with Gasteiger partial charge in [-0.25, -0.2) is 0 Å². The summed E-state index contributed by atoms with van der Waals surface area (Å²) in [4.78, 5) is 27.5. The third-order valence-electron chi connectivity index (χ3n) is 4.43. The number of aryl methyl sites for hydroxylation is 1. The maximum Gasteiger partial charge on any atom is 0.261 e. The largest absolute Gasteiger partial charge is 0.484 e. The average molecular weight is 508 g/mol. The van der Waals surface area contributed by atoms with Crippen LogP contribution in [0.25, 0.3) is 0 Å². The molecule has 0 unspecified atom stereocenters. The molecule has 0 aromatic heterocycles. The highest BCUT2D eigenvalue weighted by atomic mass is 127. The fourth-order valence-electron chi connectivity index (χ4n) is 3.07. The van der Waals surface area contributed by atoms with Gasteiger partial charge >= 0.3 is 0 Å². The van der Waals surface area contributed by atoms with E-state index < -0.39 is 6.04 Å². The molecule has 0 aliphatic heterocycles. The number of carbonyl (C=O) groups excluding carboxylic acids is 2. The Hall–Kier alpha value is -2.09. The smallest absolute Gasteiger partial charge is 0.261 e. The summed E-state index contributed by atoms with van der Waals surface area (Å²) >= 11 is 2.22. The fraction of sp³-hybridized carbons (Fsp3) is 0.391. The second-order valence-corrected chi connectivity index (χ2v) is 8.59. The van der Waals surface area contributed by atoms with Gasteiger partial charge < -0.3 is 15.0 Å². The van der Waals surface area contributed by atoms with E-state index in [0.717, 1.165) is 14.7 Å². The molecule has 1 atom stereocenters. The van der Waals surface area contributed by atoms with Crippen molar-refractivity contribution in [3.63, 3.8) is 0 Å². The van der Waals surface area contributed by atoms with Gasteiger partial charge in [0.15, 0.2) is 6.61 Å². The van der Waals surface area contributed by atoms with Crippen LogP contribution in [0.1, 0.15) is 38.3 Å². The zero-order valence-corrected chi connectivity index (χ0v) is 19.6. The Labute approximate surface area is 187 Å². The van der Waals surface area contributed by atoms with E-state index in [0.29, 0.717) is 18.7 Å².